The SMILES string of the molecule is CC=C(C(=O)O)C(C)(C)CC. The van der Waals surface area contributed by atoms with Crippen LogP contribution in [0, 0.1) is 5.41 Å². The molecule has 0 saturated heterocycles. The molecule has 0 aliphatic rings. The van der Waals surface area contributed by atoms with Crippen molar-refractivity contribution in [1.82, 2.24) is 0 Å². The summed E-state index contributed by atoms with van der Waals surface area (Å²) in [7, 11) is 0. The molecule has 1 N–H and O–H groups in total. The fourth-order valence-electron chi connectivity index (χ4n) is 0.994. The summed E-state index contributed by atoms with van der Waals surface area (Å²) in [5, 5.41) is 8.77. The van der Waals surface area contributed by atoms with Crippen molar-refractivity contribution >= 4 is 5.97 Å². The third-order valence-corrected chi connectivity index (χ3v) is 2.13. The van der Waals surface area contributed by atoms with Crippen LogP contribution in [-0.4, -0.2) is 11.1 Å². The minimum Gasteiger partial charge on any atom is -0.478 e. The standard InChI is InChI=1S/C9H16O2/c1-5-7(8(10)11)9(3,4)6-2/h5H,6H2,1-4H3,(H,10,11). The minimum absolute atomic E-state index is 0.208. The molecule has 0 bridgehead atoms. The van der Waals surface area contributed by atoms with Crippen LogP contribution in [0.3, 0.4) is 0 Å². The highest BCUT2D eigenvalue weighted by molar-refractivity contribution is 5.87. The molecule has 0 aromatic rings. The summed E-state index contributed by atoms with van der Waals surface area (Å²) in [4.78, 5) is 10.7. The van der Waals surface area contributed by atoms with Gasteiger partial charge in [-0.25, -0.2) is 4.79 Å². The first-order valence-electron chi connectivity index (χ1n) is 3.85. The molecule has 11 heavy (non-hydrogen) atoms. The lowest BCUT2D eigenvalue weighted by Gasteiger charge is -2.22. The van der Waals surface area contributed by atoms with Gasteiger partial charge >= 0.3 is 5.97 Å². The Morgan fingerprint density at radius 1 is 1.55 bits per heavy atom. The van der Waals surface area contributed by atoms with Gasteiger partial charge in [0.05, 0.1) is 0 Å². The Balaban J connectivity index is 4.66. The molecule has 0 saturated carbocycles. The van der Waals surface area contributed by atoms with E-state index in [-0.39, 0.29) is 5.41 Å². The highest BCUT2D eigenvalue weighted by atomic mass is 16.4. The van der Waals surface area contributed by atoms with Gasteiger partial charge in [0.2, 0.25) is 0 Å². The highest BCUT2D eigenvalue weighted by Gasteiger charge is 2.25. The summed E-state index contributed by atoms with van der Waals surface area (Å²) in [6.45, 7) is 7.64. The van der Waals surface area contributed by atoms with E-state index >= 15 is 0 Å². The lowest BCUT2D eigenvalue weighted by atomic mass is 9.81. The summed E-state index contributed by atoms with van der Waals surface area (Å²) in [5.41, 5.74) is 0.292. The van der Waals surface area contributed by atoms with Crippen molar-refractivity contribution in [1.29, 1.82) is 0 Å². The predicted octanol–water partition coefficient (Wildman–Crippen LogP) is 2.45. The molecule has 0 fully saturated rings. The first kappa shape index (κ1) is 10.2. The van der Waals surface area contributed by atoms with Crippen molar-refractivity contribution in [3.05, 3.63) is 11.6 Å². The average Bonchev–Trinajstić information content (AvgIpc) is 1.88. The number of carboxylic acid groups (broad SMARTS) is 1. The molecular formula is C9H16O2. The van der Waals surface area contributed by atoms with Gasteiger partial charge in [-0.05, 0) is 18.8 Å². The molecule has 0 spiro atoms. The molecule has 64 valence electrons. The van der Waals surface area contributed by atoms with Gasteiger partial charge in [0.1, 0.15) is 0 Å². The fraction of sp³-hybridized carbons (Fsp3) is 0.667. The van der Waals surface area contributed by atoms with Crippen molar-refractivity contribution in [3.63, 3.8) is 0 Å². The van der Waals surface area contributed by atoms with Crippen LogP contribution < -0.4 is 0 Å². The van der Waals surface area contributed by atoms with Gasteiger partial charge in [-0.1, -0.05) is 26.8 Å². The Labute approximate surface area is 67.9 Å². The van der Waals surface area contributed by atoms with Crippen LogP contribution in [0.1, 0.15) is 34.1 Å². The second-order valence-corrected chi connectivity index (χ2v) is 3.24. The molecule has 0 aliphatic carbocycles. The quantitative estimate of drug-likeness (QED) is 0.637. The normalized spacial score (nSPS) is 13.3. The number of aliphatic carboxylic acids is 1. The van der Waals surface area contributed by atoms with Gasteiger partial charge in [0, 0.05) is 5.57 Å². The van der Waals surface area contributed by atoms with E-state index in [2.05, 4.69) is 0 Å². The van der Waals surface area contributed by atoms with Crippen molar-refractivity contribution < 1.29 is 9.90 Å². The largest absolute Gasteiger partial charge is 0.478 e. The topological polar surface area (TPSA) is 37.3 Å². The molecule has 2 nitrogen and oxygen atoms in total. The number of carbonyl (C=O) groups is 1. The van der Waals surface area contributed by atoms with Crippen LogP contribution in [0.25, 0.3) is 0 Å². The molecule has 2 heteroatoms. The lowest BCUT2D eigenvalue weighted by Crippen LogP contribution is -2.19. The first-order chi connectivity index (χ1) is 4.95. The van der Waals surface area contributed by atoms with Crippen LogP contribution in [0.15, 0.2) is 11.6 Å². The number of hydrogen-bond acceptors (Lipinski definition) is 1. The summed E-state index contributed by atoms with van der Waals surface area (Å²) in [6, 6.07) is 0. The maximum Gasteiger partial charge on any atom is 0.331 e. The number of rotatable bonds is 3. The van der Waals surface area contributed by atoms with Gasteiger partial charge < -0.3 is 5.11 Å². The minimum atomic E-state index is -0.806. The molecule has 0 unspecified atom stereocenters. The predicted molar refractivity (Wildman–Crippen MR) is 45.5 cm³/mol. The zero-order chi connectivity index (χ0) is 9.07. The second-order valence-electron chi connectivity index (χ2n) is 3.24. The highest BCUT2D eigenvalue weighted by Crippen LogP contribution is 2.29. The van der Waals surface area contributed by atoms with E-state index < -0.39 is 5.97 Å². The second kappa shape index (κ2) is 3.56. The monoisotopic (exact) mass is 156 g/mol. The van der Waals surface area contributed by atoms with Crippen LogP contribution in [0.5, 0.6) is 0 Å². The Morgan fingerprint density at radius 2 is 2.00 bits per heavy atom. The van der Waals surface area contributed by atoms with Gasteiger partial charge in [-0.2, -0.15) is 0 Å². The van der Waals surface area contributed by atoms with E-state index in [4.69, 9.17) is 5.11 Å². The number of allylic oxidation sites excluding steroid dienone is 1. The maximum absolute atomic E-state index is 10.7. The number of hydrogen-bond donors (Lipinski definition) is 1. The molecular weight excluding hydrogens is 140 g/mol. The Morgan fingerprint density at radius 3 is 2.09 bits per heavy atom. The van der Waals surface area contributed by atoms with Crippen molar-refractivity contribution in [2.24, 2.45) is 5.41 Å². The molecule has 0 heterocycles. The summed E-state index contributed by atoms with van der Waals surface area (Å²) in [5.74, 6) is -0.806. The molecule has 0 aromatic carbocycles. The Hall–Kier alpha value is -0.790. The molecule has 0 rings (SSSR count). The summed E-state index contributed by atoms with van der Waals surface area (Å²) >= 11 is 0. The summed E-state index contributed by atoms with van der Waals surface area (Å²) in [6.07, 6.45) is 2.52. The van der Waals surface area contributed by atoms with Crippen LogP contribution in [0.2, 0.25) is 0 Å². The van der Waals surface area contributed by atoms with E-state index in [0.717, 1.165) is 6.42 Å². The molecule has 0 amide bonds. The van der Waals surface area contributed by atoms with Crippen molar-refractivity contribution in [3.8, 4) is 0 Å². The van der Waals surface area contributed by atoms with Crippen LogP contribution >= 0.6 is 0 Å². The van der Waals surface area contributed by atoms with E-state index in [1.807, 2.05) is 20.8 Å². The number of carboxylic acids is 1. The van der Waals surface area contributed by atoms with Gasteiger partial charge in [-0.15, -0.1) is 0 Å². The van der Waals surface area contributed by atoms with Crippen molar-refractivity contribution in [2.75, 3.05) is 0 Å². The molecule has 0 atom stereocenters. The molecule has 0 aliphatic heterocycles. The molecule has 0 aromatic heterocycles. The van der Waals surface area contributed by atoms with Gasteiger partial charge in [-0.3, -0.25) is 0 Å². The van der Waals surface area contributed by atoms with E-state index in [9.17, 15) is 4.79 Å². The Bertz CT molecular complexity index is 178. The van der Waals surface area contributed by atoms with Crippen molar-refractivity contribution in [2.45, 2.75) is 34.1 Å². The van der Waals surface area contributed by atoms with Crippen LogP contribution in [-0.2, 0) is 4.79 Å². The summed E-state index contributed by atoms with van der Waals surface area (Å²) < 4.78 is 0. The average molecular weight is 156 g/mol. The van der Waals surface area contributed by atoms with E-state index in [1.165, 1.54) is 0 Å². The fourth-order valence-corrected chi connectivity index (χ4v) is 0.994. The van der Waals surface area contributed by atoms with E-state index in [0.29, 0.717) is 5.57 Å². The maximum atomic E-state index is 10.7. The third-order valence-electron chi connectivity index (χ3n) is 2.13. The zero-order valence-corrected chi connectivity index (χ0v) is 7.64. The first-order valence-corrected chi connectivity index (χ1v) is 3.85. The smallest absolute Gasteiger partial charge is 0.331 e. The Kier molecular flexibility index (Phi) is 3.30. The van der Waals surface area contributed by atoms with Gasteiger partial charge in [0.25, 0.3) is 0 Å². The van der Waals surface area contributed by atoms with Crippen LogP contribution in [0.4, 0.5) is 0 Å². The lowest BCUT2D eigenvalue weighted by molar-refractivity contribution is -0.133. The van der Waals surface area contributed by atoms with E-state index in [1.54, 1.807) is 13.0 Å². The third kappa shape index (κ3) is 2.37. The van der Waals surface area contributed by atoms with Gasteiger partial charge in [0.15, 0.2) is 0 Å². The molecule has 0 radical (unpaired) electrons. The zero-order valence-electron chi connectivity index (χ0n) is 7.64.